The van der Waals surface area contributed by atoms with Gasteiger partial charge >= 0.3 is 0 Å². The van der Waals surface area contributed by atoms with Gasteiger partial charge in [0.15, 0.2) is 0 Å². The van der Waals surface area contributed by atoms with Gasteiger partial charge in [-0.05, 0) is 110 Å². The highest BCUT2D eigenvalue weighted by molar-refractivity contribution is 6.07. The van der Waals surface area contributed by atoms with Crippen molar-refractivity contribution in [3.63, 3.8) is 0 Å². The van der Waals surface area contributed by atoms with E-state index in [1.54, 1.807) is 48.5 Å². The number of hydrogen-bond donors (Lipinski definition) is 0. The summed E-state index contributed by atoms with van der Waals surface area (Å²) in [6, 6.07) is 58.7. The first-order chi connectivity index (χ1) is 26.5. The van der Waals surface area contributed by atoms with Gasteiger partial charge in [0.1, 0.15) is 17.7 Å². The molecule has 0 saturated heterocycles. The summed E-state index contributed by atoms with van der Waals surface area (Å²) in [5, 5.41) is 58.9. The molecular formula is C48H26N6. The van der Waals surface area contributed by atoms with Crippen LogP contribution in [0.2, 0.25) is 0 Å². The maximum atomic E-state index is 10.5. The van der Waals surface area contributed by atoms with Crippen LogP contribution < -0.4 is 0 Å². The Bertz CT molecular complexity index is 2700. The molecule has 0 fully saturated rings. The summed E-state index contributed by atoms with van der Waals surface area (Å²) >= 11 is 0. The molecule has 1 aliphatic rings. The second-order valence-corrected chi connectivity index (χ2v) is 12.8. The van der Waals surface area contributed by atoms with E-state index in [-0.39, 0.29) is 11.5 Å². The van der Waals surface area contributed by atoms with Crippen molar-refractivity contribution in [2.75, 3.05) is 0 Å². The average Bonchev–Trinajstić information content (AvgIpc) is 3.60. The van der Waals surface area contributed by atoms with Crippen LogP contribution in [0.1, 0.15) is 56.3 Å². The molecule has 0 bridgehead atoms. The Hall–Kier alpha value is -8.26. The Morgan fingerprint density at radius 2 is 0.630 bits per heavy atom. The zero-order valence-electron chi connectivity index (χ0n) is 28.7. The molecule has 248 valence electrons. The maximum absolute atomic E-state index is 10.5. The quantitative estimate of drug-likeness (QED) is 0.160. The molecule has 0 amide bonds. The van der Waals surface area contributed by atoms with Crippen LogP contribution in [0.15, 0.2) is 157 Å². The Morgan fingerprint density at radius 3 is 1.02 bits per heavy atom. The topological polar surface area (TPSA) is 143 Å². The van der Waals surface area contributed by atoms with Gasteiger partial charge in [0, 0.05) is 11.8 Å². The summed E-state index contributed by atoms with van der Waals surface area (Å²) in [7, 11) is 0. The monoisotopic (exact) mass is 686 g/mol. The van der Waals surface area contributed by atoms with E-state index < -0.39 is 5.92 Å². The van der Waals surface area contributed by atoms with E-state index in [0.717, 1.165) is 55.7 Å². The lowest BCUT2D eigenvalue weighted by molar-refractivity contribution is 0.754. The predicted molar refractivity (Wildman–Crippen MR) is 206 cm³/mol. The van der Waals surface area contributed by atoms with E-state index in [0.29, 0.717) is 27.8 Å². The minimum absolute atomic E-state index is 0.0212. The van der Waals surface area contributed by atoms with E-state index in [1.165, 1.54) is 0 Å². The lowest BCUT2D eigenvalue weighted by Gasteiger charge is -2.26. The third kappa shape index (κ3) is 6.40. The first-order valence-electron chi connectivity index (χ1n) is 17.0. The van der Waals surface area contributed by atoms with Crippen LogP contribution in [0, 0.1) is 68.0 Å². The first kappa shape index (κ1) is 34.2. The van der Waals surface area contributed by atoms with Crippen molar-refractivity contribution in [3.8, 4) is 58.7 Å². The number of allylic oxidation sites excluding steroid dienone is 4. The largest absolute Gasteiger partial charge is 0.192 e. The summed E-state index contributed by atoms with van der Waals surface area (Å²) in [5.41, 5.74) is 11.6. The van der Waals surface area contributed by atoms with Crippen LogP contribution in [0.4, 0.5) is 0 Å². The van der Waals surface area contributed by atoms with Crippen LogP contribution in [0.3, 0.4) is 0 Å². The van der Waals surface area contributed by atoms with Gasteiger partial charge in [-0.15, -0.1) is 0 Å². The fourth-order valence-corrected chi connectivity index (χ4v) is 7.24. The Labute approximate surface area is 313 Å². The van der Waals surface area contributed by atoms with Gasteiger partial charge in [-0.1, -0.05) is 97.1 Å². The van der Waals surface area contributed by atoms with Gasteiger partial charge in [0.05, 0.1) is 46.5 Å². The van der Waals surface area contributed by atoms with Gasteiger partial charge < -0.3 is 0 Å². The third-order valence-electron chi connectivity index (χ3n) is 9.85. The van der Waals surface area contributed by atoms with Gasteiger partial charge in [-0.2, -0.15) is 31.6 Å². The molecule has 6 aromatic rings. The van der Waals surface area contributed by atoms with Crippen molar-refractivity contribution in [3.05, 3.63) is 201 Å². The number of hydrogen-bond acceptors (Lipinski definition) is 6. The van der Waals surface area contributed by atoms with Gasteiger partial charge in [0.25, 0.3) is 0 Å². The molecule has 2 atom stereocenters. The molecule has 0 heterocycles. The first-order valence-corrected chi connectivity index (χ1v) is 17.0. The third-order valence-corrected chi connectivity index (χ3v) is 9.85. The molecule has 1 aliphatic carbocycles. The molecular weight excluding hydrogens is 661 g/mol. The highest BCUT2D eigenvalue weighted by Gasteiger charge is 2.43. The van der Waals surface area contributed by atoms with Crippen molar-refractivity contribution in [1.29, 1.82) is 31.6 Å². The smallest absolute Gasteiger partial charge is 0.134 e. The Morgan fingerprint density at radius 1 is 0.333 bits per heavy atom. The van der Waals surface area contributed by atoms with Gasteiger partial charge in [-0.25, -0.2) is 0 Å². The second kappa shape index (κ2) is 14.9. The predicted octanol–water partition coefficient (Wildman–Crippen LogP) is 10.3. The fraction of sp³-hybridized carbons (Fsp3) is 0.0417. The fourth-order valence-electron chi connectivity index (χ4n) is 7.24. The van der Waals surface area contributed by atoms with E-state index in [1.807, 2.05) is 84.9 Å². The molecule has 6 aromatic carbocycles. The number of nitrogens with zero attached hydrogens (tertiary/aromatic N) is 6. The zero-order valence-corrected chi connectivity index (χ0v) is 28.7. The SMILES string of the molecule is N#CC(C#N)=C1C(c2ccc(C#N)cc2)=C(c2ccc(-c3ccc(C#N)cc3)cc2)C(c2ccc(-c3ccc(C#N)cc3)cc2)C1c1ccc(C#N)cc1. The minimum atomic E-state index is -0.494. The minimum Gasteiger partial charge on any atom is -0.192 e. The summed E-state index contributed by atoms with van der Waals surface area (Å²) in [6.45, 7) is 0. The summed E-state index contributed by atoms with van der Waals surface area (Å²) in [5.74, 6) is -0.877. The van der Waals surface area contributed by atoms with Gasteiger partial charge in [0.2, 0.25) is 0 Å². The van der Waals surface area contributed by atoms with Crippen LogP contribution in [0.25, 0.3) is 33.4 Å². The van der Waals surface area contributed by atoms with Crippen molar-refractivity contribution in [2.24, 2.45) is 0 Å². The maximum Gasteiger partial charge on any atom is 0.134 e. The van der Waals surface area contributed by atoms with Crippen LogP contribution in [0.5, 0.6) is 0 Å². The molecule has 2 unspecified atom stereocenters. The Balaban J connectivity index is 1.50. The molecule has 0 spiro atoms. The molecule has 0 saturated carbocycles. The molecule has 0 N–H and O–H groups in total. The van der Waals surface area contributed by atoms with E-state index >= 15 is 0 Å². The molecule has 6 heteroatoms. The van der Waals surface area contributed by atoms with Crippen LogP contribution >= 0.6 is 0 Å². The van der Waals surface area contributed by atoms with E-state index in [4.69, 9.17) is 0 Å². The molecule has 54 heavy (non-hydrogen) atoms. The van der Waals surface area contributed by atoms with Crippen LogP contribution in [-0.2, 0) is 0 Å². The Kier molecular flexibility index (Phi) is 9.45. The molecule has 0 aliphatic heterocycles. The lowest BCUT2D eigenvalue weighted by atomic mass is 9.76. The van der Waals surface area contributed by atoms with Crippen LogP contribution in [-0.4, -0.2) is 0 Å². The lowest BCUT2D eigenvalue weighted by Crippen LogP contribution is -2.11. The molecule has 7 rings (SSSR count). The highest BCUT2D eigenvalue weighted by Crippen LogP contribution is 2.60. The standard InChI is InChI=1S/C48H26N6/c49-25-31-1-9-35(10-2-31)37-17-21-41(22-18-37)44-45(42-23-19-38(20-24-42)36-11-3-32(26-50)4-12-36)47(40-15-7-34(28-52)8-16-40)48(43(29-53)30-54)46(44)39-13-5-33(27-51)6-14-39/h1-24,44,46H. The molecule has 0 radical (unpaired) electrons. The normalized spacial score (nSPS) is 14.4. The zero-order chi connectivity index (χ0) is 37.6. The van der Waals surface area contributed by atoms with E-state index in [2.05, 4.69) is 48.5 Å². The molecule has 0 aromatic heterocycles. The van der Waals surface area contributed by atoms with E-state index in [9.17, 15) is 31.6 Å². The summed E-state index contributed by atoms with van der Waals surface area (Å²) < 4.78 is 0. The van der Waals surface area contributed by atoms with Crippen molar-refractivity contribution >= 4 is 11.1 Å². The highest BCUT2D eigenvalue weighted by atomic mass is 14.5. The summed E-state index contributed by atoms with van der Waals surface area (Å²) in [4.78, 5) is 0. The van der Waals surface area contributed by atoms with Crippen molar-refractivity contribution < 1.29 is 0 Å². The van der Waals surface area contributed by atoms with Crippen molar-refractivity contribution in [1.82, 2.24) is 0 Å². The number of benzene rings is 6. The van der Waals surface area contributed by atoms with Gasteiger partial charge in [-0.3, -0.25) is 0 Å². The van der Waals surface area contributed by atoms with Crippen molar-refractivity contribution in [2.45, 2.75) is 11.8 Å². The number of nitriles is 6. The molecule has 6 nitrogen and oxygen atoms in total. The average molecular weight is 687 g/mol. The number of rotatable bonds is 6. The second-order valence-electron chi connectivity index (χ2n) is 12.8. The summed E-state index contributed by atoms with van der Waals surface area (Å²) in [6.07, 6.45) is 0.